The first-order valence-corrected chi connectivity index (χ1v) is 6.58. The maximum absolute atomic E-state index is 11.6. The molecule has 1 N–H and O–H groups in total. The maximum atomic E-state index is 11.6. The van der Waals surface area contributed by atoms with E-state index >= 15 is 0 Å². The molecule has 0 unspecified atom stereocenters. The van der Waals surface area contributed by atoms with Crippen LogP contribution in [-0.4, -0.2) is 52.0 Å². The van der Waals surface area contributed by atoms with E-state index in [1.807, 2.05) is 0 Å². The molecule has 102 valence electrons. The van der Waals surface area contributed by atoms with Crippen LogP contribution in [-0.2, 0) is 7.05 Å². The summed E-state index contributed by atoms with van der Waals surface area (Å²) in [5.74, 6) is 5.81. The van der Waals surface area contributed by atoms with Crippen LogP contribution >= 0.6 is 0 Å². The SMILES string of the molecule is Cn1cc(C(=O)NCC#CCN2CCCCC2)nn1. The fourth-order valence-electron chi connectivity index (χ4n) is 2.01. The fourth-order valence-corrected chi connectivity index (χ4v) is 2.01. The van der Waals surface area contributed by atoms with Crippen molar-refractivity contribution in [1.29, 1.82) is 0 Å². The Labute approximate surface area is 113 Å². The van der Waals surface area contributed by atoms with Gasteiger partial charge in [0.2, 0.25) is 0 Å². The number of amides is 1. The second kappa shape index (κ2) is 6.90. The van der Waals surface area contributed by atoms with Crippen molar-refractivity contribution in [2.75, 3.05) is 26.2 Å². The summed E-state index contributed by atoms with van der Waals surface area (Å²) in [6.45, 7) is 3.42. The Balaban J connectivity index is 1.67. The summed E-state index contributed by atoms with van der Waals surface area (Å²) >= 11 is 0. The zero-order chi connectivity index (χ0) is 13.5. The molecule has 0 saturated carbocycles. The zero-order valence-electron chi connectivity index (χ0n) is 11.2. The van der Waals surface area contributed by atoms with E-state index in [1.165, 1.54) is 23.9 Å². The summed E-state index contributed by atoms with van der Waals surface area (Å²) in [5.41, 5.74) is 0.320. The molecule has 1 saturated heterocycles. The van der Waals surface area contributed by atoms with Crippen LogP contribution in [0.2, 0.25) is 0 Å². The third-order valence-electron chi connectivity index (χ3n) is 3.05. The van der Waals surface area contributed by atoms with Crippen LogP contribution in [0.3, 0.4) is 0 Å². The van der Waals surface area contributed by atoms with E-state index in [1.54, 1.807) is 13.2 Å². The normalized spacial score (nSPS) is 15.6. The minimum Gasteiger partial charge on any atom is -0.340 e. The largest absolute Gasteiger partial charge is 0.340 e. The highest BCUT2D eigenvalue weighted by Gasteiger charge is 2.08. The average Bonchev–Trinajstić information content (AvgIpc) is 2.86. The van der Waals surface area contributed by atoms with E-state index in [2.05, 4.69) is 32.4 Å². The van der Waals surface area contributed by atoms with Gasteiger partial charge in [-0.05, 0) is 25.9 Å². The second-order valence-corrected chi connectivity index (χ2v) is 4.65. The lowest BCUT2D eigenvalue weighted by Gasteiger charge is -2.23. The number of carbonyl (C=O) groups is 1. The van der Waals surface area contributed by atoms with Crippen LogP contribution in [0.25, 0.3) is 0 Å². The topological polar surface area (TPSA) is 63.1 Å². The number of rotatable bonds is 3. The molecule has 19 heavy (non-hydrogen) atoms. The molecule has 1 amide bonds. The number of carbonyl (C=O) groups excluding carboxylic acids is 1. The lowest BCUT2D eigenvalue weighted by atomic mass is 10.1. The summed E-state index contributed by atoms with van der Waals surface area (Å²) in [4.78, 5) is 14.0. The van der Waals surface area contributed by atoms with Gasteiger partial charge in [-0.2, -0.15) is 0 Å². The van der Waals surface area contributed by atoms with Crippen LogP contribution in [0.15, 0.2) is 6.20 Å². The van der Waals surface area contributed by atoms with Crippen LogP contribution in [0.1, 0.15) is 29.8 Å². The van der Waals surface area contributed by atoms with Crippen molar-refractivity contribution in [3.8, 4) is 11.8 Å². The molecular weight excluding hydrogens is 242 g/mol. The van der Waals surface area contributed by atoms with Crippen LogP contribution in [0.4, 0.5) is 0 Å². The summed E-state index contributed by atoms with van der Waals surface area (Å²) in [5, 5.41) is 10.1. The summed E-state index contributed by atoms with van der Waals surface area (Å²) in [6, 6.07) is 0. The van der Waals surface area contributed by atoms with Gasteiger partial charge in [0.15, 0.2) is 5.69 Å². The van der Waals surface area contributed by atoms with E-state index in [0.717, 1.165) is 19.6 Å². The average molecular weight is 261 g/mol. The highest BCUT2D eigenvalue weighted by molar-refractivity contribution is 5.91. The van der Waals surface area contributed by atoms with Crippen LogP contribution in [0.5, 0.6) is 0 Å². The Hall–Kier alpha value is -1.87. The minimum atomic E-state index is -0.236. The predicted octanol–water partition coefficient (Wildman–Crippen LogP) is 0.0342. The molecule has 6 nitrogen and oxygen atoms in total. The molecule has 2 rings (SSSR count). The second-order valence-electron chi connectivity index (χ2n) is 4.65. The molecule has 1 aliphatic rings. The van der Waals surface area contributed by atoms with Gasteiger partial charge in [0.1, 0.15) is 0 Å². The van der Waals surface area contributed by atoms with Crippen LogP contribution < -0.4 is 5.32 Å². The Morgan fingerprint density at radius 1 is 1.37 bits per heavy atom. The number of aromatic nitrogens is 3. The minimum absolute atomic E-state index is 0.236. The molecule has 0 aromatic carbocycles. The number of hydrogen-bond acceptors (Lipinski definition) is 4. The van der Waals surface area contributed by atoms with Gasteiger partial charge in [-0.15, -0.1) is 5.10 Å². The molecule has 0 aliphatic carbocycles. The smallest absolute Gasteiger partial charge is 0.274 e. The van der Waals surface area contributed by atoms with Crippen molar-refractivity contribution < 1.29 is 4.79 Å². The van der Waals surface area contributed by atoms with Gasteiger partial charge in [-0.3, -0.25) is 14.4 Å². The lowest BCUT2D eigenvalue weighted by Crippen LogP contribution is -2.30. The molecule has 1 aromatic heterocycles. The highest BCUT2D eigenvalue weighted by Crippen LogP contribution is 2.06. The molecule has 1 fully saturated rings. The summed E-state index contributed by atoms with van der Waals surface area (Å²) in [6.07, 6.45) is 5.45. The van der Waals surface area contributed by atoms with Crippen LogP contribution in [0, 0.1) is 11.8 Å². The molecule has 1 aromatic rings. The number of nitrogens with zero attached hydrogens (tertiary/aromatic N) is 4. The van der Waals surface area contributed by atoms with Gasteiger partial charge in [0, 0.05) is 7.05 Å². The van der Waals surface area contributed by atoms with Crippen molar-refractivity contribution in [2.24, 2.45) is 7.05 Å². The zero-order valence-corrected chi connectivity index (χ0v) is 11.2. The number of hydrogen-bond donors (Lipinski definition) is 1. The maximum Gasteiger partial charge on any atom is 0.274 e. The van der Waals surface area contributed by atoms with E-state index in [9.17, 15) is 4.79 Å². The lowest BCUT2D eigenvalue weighted by molar-refractivity contribution is 0.0953. The molecule has 0 atom stereocenters. The van der Waals surface area contributed by atoms with Gasteiger partial charge in [0.25, 0.3) is 5.91 Å². The van der Waals surface area contributed by atoms with Crippen molar-refractivity contribution in [1.82, 2.24) is 25.2 Å². The van der Waals surface area contributed by atoms with Crippen molar-refractivity contribution >= 4 is 5.91 Å². The predicted molar refractivity (Wildman–Crippen MR) is 71.4 cm³/mol. The van der Waals surface area contributed by atoms with Gasteiger partial charge < -0.3 is 5.32 Å². The van der Waals surface area contributed by atoms with E-state index < -0.39 is 0 Å². The summed E-state index contributed by atoms with van der Waals surface area (Å²) < 4.78 is 1.50. The molecule has 6 heteroatoms. The molecule has 0 bridgehead atoms. The van der Waals surface area contributed by atoms with Crippen molar-refractivity contribution in [2.45, 2.75) is 19.3 Å². The highest BCUT2D eigenvalue weighted by atomic mass is 16.1. The number of aryl methyl sites for hydroxylation is 1. The third kappa shape index (κ3) is 4.38. The quantitative estimate of drug-likeness (QED) is 0.780. The molecule has 2 heterocycles. The number of likely N-dealkylation sites (tertiary alicyclic amines) is 1. The van der Waals surface area contributed by atoms with E-state index in [-0.39, 0.29) is 5.91 Å². The fraction of sp³-hybridized carbons (Fsp3) is 0.615. The molecule has 1 aliphatic heterocycles. The monoisotopic (exact) mass is 261 g/mol. The Kier molecular flexibility index (Phi) is 4.93. The van der Waals surface area contributed by atoms with Crippen molar-refractivity contribution in [3.05, 3.63) is 11.9 Å². The third-order valence-corrected chi connectivity index (χ3v) is 3.05. The first kappa shape index (κ1) is 13.6. The first-order valence-electron chi connectivity index (χ1n) is 6.58. The van der Waals surface area contributed by atoms with E-state index in [0.29, 0.717) is 12.2 Å². The van der Waals surface area contributed by atoms with E-state index in [4.69, 9.17) is 0 Å². The van der Waals surface area contributed by atoms with Gasteiger partial charge >= 0.3 is 0 Å². The summed E-state index contributed by atoms with van der Waals surface area (Å²) in [7, 11) is 1.72. The Morgan fingerprint density at radius 3 is 2.84 bits per heavy atom. The first-order chi connectivity index (χ1) is 9.25. The van der Waals surface area contributed by atoms with Crippen molar-refractivity contribution in [3.63, 3.8) is 0 Å². The molecular formula is C13H19N5O. The number of nitrogens with one attached hydrogen (secondary N) is 1. The molecule has 0 radical (unpaired) electrons. The Morgan fingerprint density at radius 2 is 2.16 bits per heavy atom. The van der Waals surface area contributed by atoms with Gasteiger partial charge in [-0.25, -0.2) is 0 Å². The number of piperidine rings is 1. The standard InChI is InChI=1S/C13H19N5O/c1-17-11-12(15-16-17)13(19)14-7-3-6-10-18-8-4-2-5-9-18/h11H,2,4-5,7-10H2,1H3,(H,14,19). The molecule has 0 spiro atoms. The Bertz CT molecular complexity index is 479. The van der Waals surface area contributed by atoms with Gasteiger partial charge in [-0.1, -0.05) is 23.5 Å². The van der Waals surface area contributed by atoms with Gasteiger partial charge in [0.05, 0.1) is 19.3 Å².